The fourth-order valence-corrected chi connectivity index (χ4v) is 2.53. The van der Waals surface area contributed by atoms with Crippen molar-refractivity contribution in [2.45, 2.75) is 13.5 Å². The van der Waals surface area contributed by atoms with Crippen LogP contribution in [0.15, 0.2) is 53.6 Å². The summed E-state index contributed by atoms with van der Waals surface area (Å²) in [5.41, 5.74) is 2.38. The SMILES string of the molecule is COC(=O)c1ccc(COc2ccc(/C=N\n3c(C)n[nH]c3=S)cc2)cc1. The first-order valence-corrected chi connectivity index (χ1v) is 8.56. The largest absolute Gasteiger partial charge is 0.489 e. The zero-order valence-corrected chi connectivity index (χ0v) is 15.7. The summed E-state index contributed by atoms with van der Waals surface area (Å²) in [6.45, 7) is 2.22. The summed E-state index contributed by atoms with van der Waals surface area (Å²) in [7, 11) is 1.36. The lowest BCUT2D eigenvalue weighted by atomic mass is 10.1. The summed E-state index contributed by atoms with van der Waals surface area (Å²) < 4.78 is 12.4. The summed E-state index contributed by atoms with van der Waals surface area (Å²) in [4.78, 5) is 11.4. The van der Waals surface area contributed by atoms with E-state index in [1.807, 2.05) is 43.3 Å². The molecule has 0 amide bonds. The number of carbonyl (C=O) groups excluding carboxylic acids is 1. The second-order valence-electron chi connectivity index (χ2n) is 5.68. The van der Waals surface area contributed by atoms with Crippen molar-refractivity contribution < 1.29 is 14.3 Å². The van der Waals surface area contributed by atoms with Crippen molar-refractivity contribution in [1.29, 1.82) is 0 Å². The van der Waals surface area contributed by atoms with E-state index in [4.69, 9.17) is 17.0 Å². The standard InChI is InChI=1S/C19H18N4O3S/c1-13-21-22-19(27)23(13)20-11-14-5-9-17(10-6-14)26-12-15-3-7-16(8-4-15)18(24)25-2/h3-11H,12H2,1-2H3,(H,22,27)/b20-11-. The minimum absolute atomic E-state index is 0.355. The van der Waals surface area contributed by atoms with Gasteiger partial charge in [0.05, 0.1) is 18.9 Å². The Labute approximate surface area is 161 Å². The predicted octanol–water partition coefficient (Wildman–Crippen LogP) is 3.50. The van der Waals surface area contributed by atoms with Gasteiger partial charge in [-0.3, -0.25) is 5.10 Å². The first-order chi connectivity index (χ1) is 13.1. The summed E-state index contributed by atoms with van der Waals surface area (Å²) >= 11 is 5.10. The van der Waals surface area contributed by atoms with E-state index in [9.17, 15) is 4.79 Å². The number of esters is 1. The van der Waals surface area contributed by atoms with Crippen LogP contribution in [-0.2, 0) is 11.3 Å². The van der Waals surface area contributed by atoms with Crippen molar-refractivity contribution in [2.75, 3.05) is 7.11 Å². The van der Waals surface area contributed by atoms with E-state index in [0.717, 1.165) is 16.9 Å². The molecule has 1 aromatic heterocycles. The second-order valence-corrected chi connectivity index (χ2v) is 6.07. The van der Waals surface area contributed by atoms with Gasteiger partial charge in [-0.05, 0) is 66.7 Å². The Balaban J connectivity index is 1.59. The Morgan fingerprint density at radius 1 is 1.22 bits per heavy atom. The van der Waals surface area contributed by atoms with Crippen LogP contribution in [0.1, 0.15) is 27.3 Å². The van der Waals surface area contributed by atoms with E-state index >= 15 is 0 Å². The average molecular weight is 382 g/mol. The molecule has 1 heterocycles. The third-order valence-corrected chi connectivity index (χ3v) is 4.06. The molecule has 0 atom stereocenters. The van der Waals surface area contributed by atoms with Gasteiger partial charge in [0.2, 0.25) is 4.77 Å². The van der Waals surface area contributed by atoms with Crippen LogP contribution in [0.4, 0.5) is 0 Å². The molecule has 0 fully saturated rings. The van der Waals surface area contributed by atoms with Gasteiger partial charge in [-0.2, -0.15) is 14.9 Å². The van der Waals surface area contributed by atoms with E-state index < -0.39 is 0 Å². The Hall–Kier alpha value is -3.26. The highest BCUT2D eigenvalue weighted by Crippen LogP contribution is 2.14. The van der Waals surface area contributed by atoms with Crippen LogP contribution in [0.25, 0.3) is 0 Å². The van der Waals surface area contributed by atoms with Crippen LogP contribution in [0.2, 0.25) is 0 Å². The molecule has 0 aliphatic heterocycles. The van der Waals surface area contributed by atoms with Gasteiger partial charge in [-0.15, -0.1) is 0 Å². The lowest BCUT2D eigenvalue weighted by Gasteiger charge is -2.07. The molecule has 0 bridgehead atoms. The zero-order chi connectivity index (χ0) is 19.2. The van der Waals surface area contributed by atoms with Crippen molar-refractivity contribution in [1.82, 2.24) is 14.9 Å². The van der Waals surface area contributed by atoms with Crippen molar-refractivity contribution in [2.24, 2.45) is 5.10 Å². The molecule has 27 heavy (non-hydrogen) atoms. The van der Waals surface area contributed by atoms with Gasteiger partial charge in [0, 0.05) is 0 Å². The van der Waals surface area contributed by atoms with Crippen LogP contribution < -0.4 is 4.74 Å². The zero-order valence-electron chi connectivity index (χ0n) is 14.9. The molecule has 0 aliphatic rings. The molecule has 0 unspecified atom stereocenters. The molecule has 2 aromatic carbocycles. The number of nitrogens with zero attached hydrogens (tertiary/aromatic N) is 3. The number of nitrogens with one attached hydrogen (secondary N) is 1. The lowest BCUT2D eigenvalue weighted by Crippen LogP contribution is -2.02. The first-order valence-electron chi connectivity index (χ1n) is 8.15. The van der Waals surface area contributed by atoms with Gasteiger partial charge in [0.15, 0.2) is 0 Å². The number of methoxy groups -OCH3 is 1. The van der Waals surface area contributed by atoms with Crippen LogP contribution in [0.3, 0.4) is 0 Å². The number of H-pyrrole nitrogens is 1. The third-order valence-electron chi connectivity index (χ3n) is 3.80. The van der Waals surface area contributed by atoms with Gasteiger partial charge >= 0.3 is 5.97 Å². The van der Waals surface area contributed by atoms with Gasteiger partial charge in [0.25, 0.3) is 0 Å². The van der Waals surface area contributed by atoms with Crippen molar-refractivity contribution in [3.05, 3.63) is 75.8 Å². The van der Waals surface area contributed by atoms with Gasteiger partial charge in [-0.1, -0.05) is 12.1 Å². The molecule has 7 nitrogen and oxygen atoms in total. The third kappa shape index (κ3) is 4.68. The average Bonchev–Trinajstić information content (AvgIpc) is 3.03. The van der Waals surface area contributed by atoms with E-state index in [1.165, 1.54) is 7.11 Å². The molecule has 0 saturated carbocycles. The molecular formula is C19H18N4O3S. The van der Waals surface area contributed by atoms with Crippen LogP contribution in [-0.4, -0.2) is 34.2 Å². The quantitative estimate of drug-likeness (QED) is 0.401. The summed E-state index contributed by atoms with van der Waals surface area (Å²) in [5.74, 6) is 1.07. The molecule has 0 radical (unpaired) electrons. The molecule has 3 rings (SSSR count). The number of hydrogen-bond donors (Lipinski definition) is 1. The van der Waals surface area contributed by atoms with E-state index in [1.54, 1.807) is 23.0 Å². The predicted molar refractivity (Wildman–Crippen MR) is 104 cm³/mol. The van der Waals surface area contributed by atoms with E-state index in [2.05, 4.69) is 20.0 Å². The molecular weight excluding hydrogens is 364 g/mol. The minimum atomic E-state index is -0.355. The number of carbonyl (C=O) groups is 1. The smallest absolute Gasteiger partial charge is 0.337 e. The summed E-state index contributed by atoms with van der Waals surface area (Å²) in [6.07, 6.45) is 1.70. The van der Waals surface area contributed by atoms with Gasteiger partial charge in [-0.25, -0.2) is 4.79 Å². The summed E-state index contributed by atoms with van der Waals surface area (Å²) in [5, 5.41) is 11.0. The molecule has 0 spiro atoms. The number of aryl methyl sites for hydroxylation is 1. The molecule has 0 saturated heterocycles. The number of benzene rings is 2. The first kappa shape index (κ1) is 18.5. The maximum atomic E-state index is 11.4. The van der Waals surface area contributed by atoms with Crippen molar-refractivity contribution in [3.63, 3.8) is 0 Å². The maximum absolute atomic E-state index is 11.4. The highest BCUT2D eigenvalue weighted by atomic mass is 32.1. The minimum Gasteiger partial charge on any atom is -0.489 e. The molecule has 1 N–H and O–H groups in total. The highest BCUT2D eigenvalue weighted by Gasteiger charge is 2.04. The molecule has 138 valence electrons. The lowest BCUT2D eigenvalue weighted by molar-refractivity contribution is 0.0600. The molecule has 3 aromatic rings. The second kappa shape index (κ2) is 8.41. The number of ether oxygens (including phenoxy) is 2. The van der Waals surface area contributed by atoms with Crippen LogP contribution in [0, 0.1) is 11.7 Å². The van der Waals surface area contributed by atoms with E-state index in [0.29, 0.717) is 22.8 Å². The van der Waals surface area contributed by atoms with Gasteiger partial charge < -0.3 is 9.47 Å². The Bertz CT molecular complexity index is 1000. The van der Waals surface area contributed by atoms with Crippen molar-refractivity contribution in [3.8, 4) is 5.75 Å². The summed E-state index contributed by atoms with van der Waals surface area (Å²) in [6, 6.07) is 14.6. The number of aromatic amines is 1. The molecule has 0 aliphatic carbocycles. The van der Waals surface area contributed by atoms with Crippen LogP contribution >= 0.6 is 12.2 Å². The van der Waals surface area contributed by atoms with E-state index in [-0.39, 0.29) is 5.97 Å². The Morgan fingerprint density at radius 2 is 1.93 bits per heavy atom. The van der Waals surface area contributed by atoms with Crippen molar-refractivity contribution >= 4 is 24.4 Å². The highest BCUT2D eigenvalue weighted by molar-refractivity contribution is 7.71. The van der Waals surface area contributed by atoms with Gasteiger partial charge in [0.1, 0.15) is 18.2 Å². The Morgan fingerprint density at radius 3 is 2.52 bits per heavy atom. The molecule has 8 heteroatoms. The Kier molecular flexibility index (Phi) is 5.77. The van der Waals surface area contributed by atoms with Crippen LogP contribution in [0.5, 0.6) is 5.75 Å². The topological polar surface area (TPSA) is 81.5 Å². The maximum Gasteiger partial charge on any atom is 0.337 e. The number of hydrogen-bond acceptors (Lipinski definition) is 6. The number of rotatable bonds is 6. The number of aromatic nitrogens is 3. The fourth-order valence-electron chi connectivity index (χ4n) is 2.30. The monoisotopic (exact) mass is 382 g/mol. The fraction of sp³-hybridized carbons (Fsp3) is 0.158. The normalized spacial score (nSPS) is 10.9.